The normalized spacial score (nSPS) is 20.9. The van der Waals surface area contributed by atoms with E-state index in [0.717, 1.165) is 5.56 Å². The van der Waals surface area contributed by atoms with Crippen LogP contribution >= 0.6 is 0 Å². The number of rotatable bonds is 8. The average Bonchev–Trinajstić information content (AvgIpc) is 3.00. The molecule has 41 heavy (non-hydrogen) atoms. The van der Waals surface area contributed by atoms with Gasteiger partial charge in [-0.3, -0.25) is 9.59 Å². The molecule has 3 aromatic rings. The van der Waals surface area contributed by atoms with Crippen molar-refractivity contribution in [2.75, 3.05) is 13.7 Å². The first-order valence-electron chi connectivity index (χ1n) is 13.1. The maximum atomic E-state index is 13.5. The topological polar surface area (TPSA) is 122 Å². The number of nitrogens with one attached hydrogen (secondary N) is 1. The molecule has 2 heterocycles. The fraction of sp³-hybridized carbons (Fsp3) is 0.333. The van der Waals surface area contributed by atoms with E-state index in [1.165, 1.54) is 38.4 Å². The van der Waals surface area contributed by atoms with Crippen molar-refractivity contribution in [2.45, 2.75) is 51.0 Å². The number of pyridine rings is 1. The number of hydrogen-bond acceptors (Lipinski definition) is 9. The Kier molecular flexibility index (Phi) is 9.86. The minimum absolute atomic E-state index is 0.0651. The van der Waals surface area contributed by atoms with E-state index in [1.807, 2.05) is 18.2 Å². The van der Waals surface area contributed by atoms with Crippen molar-refractivity contribution < 1.29 is 42.5 Å². The van der Waals surface area contributed by atoms with Gasteiger partial charge in [0, 0.05) is 38.6 Å². The van der Waals surface area contributed by atoms with Gasteiger partial charge >= 0.3 is 11.9 Å². The zero-order valence-electron chi connectivity index (χ0n) is 22.9. The quantitative estimate of drug-likeness (QED) is 0.407. The zero-order chi connectivity index (χ0) is 29.4. The van der Waals surface area contributed by atoms with E-state index in [-0.39, 0.29) is 36.0 Å². The first kappa shape index (κ1) is 29.5. The Labute approximate surface area is 236 Å². The number of aromatic nitrogens is 1. The SMILES string of the molecule is COc1ccnc(C(=O)N[C@H]2CCO[C@H](Cc3ccc(F)cc3)[C@@H](Oc3ccccc3)[C@H](C)OC2=O)c1OC(C)=O. The Morgan fingerprint density at radius 3 is 2.51 bits per heavy atom. The third-order valence-corrected chi connectivity index (χ3v) is 6.37. The highest BCUT2D eigenvalue weighted by Gasteiger charge is 2.37. The molecule has 1 aliphatic heterocycles. The van der Waals surface area contributed by atoms with Crippen LogP contribution in [0, 0.1) is 5.82 Å². The summed E-state index contributed by atoms with van der Waals surface area (Å²) in [6.07, 6.45) is -0.348. The van der Waals surface area contributed by atoms with E-state index in [9.17, 15) is 18.8 Å². The van der Waals surface area contributed by atoms with Gasteiger partial charge in [-0.1, -0.05) is 30.3 Å². The number of amides is 1. The molecule has 4 atom stereocenters. The van der Waals surface area contributed by atoms with Gasteiger partial charge in [-0.25, -0.2) is 14.2 Å². The highest BCUT2D eigenvalue weighted by Crippen LogP contribution is 2.30. The molecule has 4 rings (SSSR count). The van der Waals surface area contributed by atoms with Crippen LogP contribution in [0.3, 0.4) is 0 Å². The van der Waals surface area contributed by atoms with Crippen LogP contribution in [-0.2, 0) is 25.5 Å². The largest absolute Gasteiger partial charge is 0.493 e. The first-order chi connectivity index (χ1) is 19.7. The summed E-state index contributed by atoms with van der Waals surface area (Å²) in [6, 6.07) is 15.4. The Morgan fingerprint density at radius 1 is 1.10 bits per heavy atom. The van der Waals surface area contributed by atoms with Crippen molar-refractivity contribution in [3.05, 3.63) is 83.9 Å². The number of benzene rings is 2. The summed E-state index contributed by atoms with van der Waals surface area (Å²) < 4.78 is 42.1. The molecule has 0 spiro atoms. The molecule has 216 valence electrons. The maximum Gasteiger partial charge on any atom is 0.329 e. The van der Waals surface area contributed by atoms with Crippen molar-refractivity contribution in [2.24, 2.45) is 0 Å². The Hall–Kier alpha value is -4.51. The van der Waals surface area contributed by atoms with Gasteiger partial charge in [-0.15, -0.1) is 0 Å². The molecule has 1 amide bonds. The van der Waals surface area contributed by atoms with Crippen LogP contribution in [0.2, 0.25) is 0 Å². The van der Waals surface area contributed by atoms with Gasteiger partial charge in [-0.2, -0.15) is 0 Å². The summed E-state index contributed by atoms with van der Waals surface area (Å²) >= 11 is 0. The molecule has 1 aliphatic rings. The van der Waals surface area contributed by atoms with Gasteiger partial charge in [0.05, 0.1) is 7.11 Å². The Morgan fingerprint density at radius 2 is 1.83 bits per heavy atom. The lowest BCUT2D eigenvalue weighted by molar-refractivity contribution is -0.157. The van der Waals surface area contributed by atoms with Gasteiger partial charge in [-0.05, 0) is 36.8 Å². The predicted octanol–water partition coefficient (Wildman–Crippen LogP) is 3.66. The highest BCUT2D eigenvalue weighted by atomic mass is 19.1. The van der Waals surface area contributed by atoms with E-state index in [1.54, 1.807) is 31.2 Å². The lowest BCUT2D eigenvalue weighted by Crippen LogP contribution is -2.47. The number of cyclic esters (lactones) is 1. The number of carbonyl (C=O) groups is 3. The smallest absolute Gasteiger partial charge is 0.329 e. The summed E-state index contributed by atoms with van der Waals surface area (Å²) in [5.74, 6) is -1.99. The standard InChI is InChI=1S/C30H31FN2O8/c1-18-27(41-22-7-5-4-6-8-22)25(17-20-9-11-21(31)12-10-20)38-16-14-23(30(36)39-18)33-29(35)26-28(40-19(2)34)24(37-3)13-15-32-26/h4-13,15,18,23,25,27H,14,16-17H2,1-3H3,(H,33,35)/t18-,23-,25+,27-/m0/s1. The summed E-state index contributed by atoms with van der Waals surface area (Å²) in [7, 11) is 1.36. The lowest BCUT2D eigenvalue weighted by Gasteiger charge is -2.31. The number of esters is 2. The molecule has 2 aromatic carbocycles. The zero-order valence-corrected chi connectivity index (χ0v) is 22.9. The molecule has 1 saturated heterocycles. The Balaban J connectivity index is 1.57. The predicted molar refractivity (Wildman–Crippen MR) is 144 cm³/mol. The second kappa shape index (κ2) is 13.7. The monoisotopic (exact) mass is 566 g/mol. The van der Waals surface area contributed by atoms with Gasteiger partial charge < -0.3 is 29.0 Å². The van der Waals surface area contributed by atoms with Crippen molar-refractivity contribution in [3.63, 3.8) is 0 Å². The molecule has 0 bridgehead atoms. The lowest BCUT2D eigenvalue weighted by atomic mass is 10.00. The van der Waals surface area contributed by atoms with E-state index in [4.69, 9.17) is 23.7 Å². The van der Waals surface area contributed by atoms with E-state index < -0.39 is 42.2 Å². The van der Waals surface area contributed by atoms with Gasteiger partial charge in [0.2, 0.25) is 5.75 Å². The Bertz CT molecular complexity index is 1350. The van der Waals surface area contributed by atoms with E-state index in [2.05, 4.69) is 10.3 Å². The van der Waals surface area contributed by atoms with Gasteiger partial charge in [0.15, 0.2) is 17.5 Å². The van der Waals surface area contributed by atoms with Crippen LogP contribution < -0.4 is 19.5 Å². The molecular weight excluding hydrogens is 535 g/mol. The number of carbonyl (C=O) groups excluding carboxylic acids is 3. The van der Waals surface area contributed by atoms with Crippen molar-refractivity contribution in [1.29, 1.82) is 0 Å². The first-order valence-corrected chi connectivity index (χ1v) is 13.1. The fourth-order valence-corrected chi connectivity index (χ4v) is 4.39. The van der Waals surface area contributed by atoms with E-state index >= 15 is 0 Å². The summed E-state index contributed by atoms with van der Waals surface area (Å²) in [6.45, 7) is 2.92. The van der Waals surface area contributed by atoms with Crippen LogP contribution in [0.15, 0.2) is 66.9 Å². The molecule has 0 unspecified atom stereocenters. The summed E-state index contributed by atoms with van der Waals surface area (Å²) in [5.41, 5.74) is 0.573. The molecule has 1 fully saturated rings. The van der Waals surface area contributed by atoms with Crippen LogP contribution in [-0.4, -0.2) is 60.9 Å². The second-order valence-electron chi connectivity index (χ2n) is 9.38. The number of hydrogen-bond donors (Lipinski definition) is 1. The van der Waals surface area contributed by atoms with Crippen LogP contribution in [0.5, 0.6) is 17.2 Å². The van der Waals surface area contributed by atoms with Crippen molar-refractivity contribution in [3.8, 4) is 17.2 Å². The molecule has 10 nitrogen and oxygen atoms in total. The number of ether oxygens (including phenoxy) is 5. The van der Waals surface area contributed by atoms with Crippen molar-refractivity contribution in [1.82, 2.24) is 10.3 Å². The number of methoxy groups -OCH3 is 1. The molecular formula is C30H31FN2O8. The number of nitrogens with zero attached hydrogens (tertiary/aromatic N) is 1. The fourth-order valence-electron chi connectivity index (χ4n) is 4.39. The molecule has 11 heteroatoms. The number of para-hydroxylation sites is 1. The minimum atomic E-state index is -1.11. The third kappa shape index (κ3) is 7.79. The van der Waals surface area contributed by atoms with Crippen LogP contribution in [0.25, 0.3) is 0 Å². The van der Waals surface area contributed by atoms with Gasteiger partial charge in [0.1, 0.15) is 29.8 Å². The second-order valence-corrected chi connectivity index (χ2v) is 9.38. The number of halogens is 1. The van der Waals surface area contributed by atoms with E-state index in [0.29, 0.717) is 12.2 Å². The van der Waals surface area contributed by atoms with Gasteiger partial charge in [0.25, 0.3) is 5.91 Å². The molecule has 0 radical (unpaired) electrons. The average molecular weight is 567 g/mol. The molecule has 1 aromatic heterocycles. The summed E-state index contributed by atoms with van der Waals surface area (Å²) in [4.78, 5) is 42.1. The molecule has 0 saturated carbocycles. The molecule has 0 aliphatic carbocycles. The van der Waals surface area contributed by atoms with Crippen LogP contribution in [0.4, 0.5) is 4.39 Å². The minimum Gasteiger partial charge on any atom is -0.493 e. The maximum absolute atomic E-state index is 13.5. The third-order valence-electron chi connectivity index (χ3n) is 6.37. The highest BCUT2D eigenvalue weighted by molar-refractivity contribution is 5.98. The van der Waals surface area contributed by atoms with Crippen molar-refractivity contribution >= 4 is 17.8 Å². The molecule has 1 N–H and O–H groups in total. The summed E-state index contributed by atoms with van der Waals surface area (Å²) in [5, 5.41) is 2.62. The van der Waals surface area contributed by atoms with Crippen LogP contribution in [0.1, 0.15) is 36.3 Å².